The molecule has 11 nitrogen and oxygen atoms in total. The van der Waals surface area contributed by atoms with E-state index in [1.165, 1.54) is 25.8 Å². The number of nitrogens with two attached hydrogens (primary N) is 4. The molecule has 0 amide bonds. The van der Waals surface area contributed by atoms with Gasteiger partial charge in [0.05, 0.1) is 0 Å². The third kappa shape index (κ3) is 6.63. The average molecular weight is 462 g/mol. The highest BCUT2D eigenvalue weighted by atomic mass is 15.4. The Bertz CT molecular complexity index is 698. The number of hydrogen-bond donors (Lipinski definition) is 5. The predicted molar refractivity (Wildman–Crippen MR) is 133 cm³/mol. The van der Waals surface area contributed by atoms with Crippen molar-refractivity contribution >= 4 is 17.8 Å². The Morgan fingerprint density at radius 3 is 1.88 bits per heavy atom. The molecule has 3 fully saturated rings. The predicted octanol–water partition coefficient (Wildman–Crippen LogP) is -0.723. The number of piperidine rings is 3. The molecule has 0 saturated carbocycles. The second-order valence-electron chi connectivity index (χ2n) is 10.2. The van der Waals surface area contributed by atoms with E-state index >= 15 is 0 Å². The number of aromatic nitrogens is 3. The van der Waals surface area contributed by atoms with Crippen molar-refractivity contribution in [2.45, 2.75) is 75.7 Å². The highest BCUT2D eigenvalue weighted by Gasteiger charge is 2.28. The van der Waals surface area contributed by atoms with Crippen molar-refractivity contribution in [3.63, 3.8) is 0 Å². The summed E-state index contributed by atoms with van der Waals surface area (Å²) in [4.78, 5) is 21.0. The standard InChI is InChI=1S/C22H43N11/c1-15-5-2-3-7-31(15)8-4-6-27-20-28-21(32-11-16(23)9-17(24)12-32)30-22(29-20)33-13-18(25)10-19(26)14-33/h15-19H,2-14,23-26H2,1H3,(H,27,28,29,30)/t15?,16-,17+,18-,19+. The van der Waals surface area contributed by atoms with Crippen LogP contribution in [-0.2, 0) is 0 Å². The van der Waals surface area contributed by atoms with Gasteiger partial charge in [0.1, 0.15) is 0 Å². The average Bonchev–Trinajstić information content (AvgIpc) is 2.76. The maximum Gasteiger partial charge on any atom is 0.232 e. The van der Waals surface area contributed by atoms with Gasteiger partial charge in [-0.1, -0.05) is 6.42 Å². The second-order valence-corrected chi connectivity index (χ2v) is 10.2. The second kappa shape index (κ2) is 11.1. The maximum atomic E-state index is 6.23. The fraction of sp³-hybridized carbons (Fsp3) is 0.864. The molecule has 4 rings (SSSR count). The minimum Gasteiger partial charge on any atom is -0.354 e. The number of nitrogens with zero attached hydrogens (tertiary/aromatic N) is 6. The van der Waals surface area contributed by atoms with E-state index in [-0.39, 0.29) is 24.2 Å². The molecule has 9 N–H and O–H groups in total. The van der Waals surface area contributed by atoms with Gasteiger partial charge in [-0.15, -0.1) is 0 Å². The topological polar surface area (TPSA) is 164 Å². The summed E-state index contributed by atoms with van der Waals surface area (Å²) in [5.41, 5.74) is 24.9. The zero-order valence-corrected chi connectivity index (χ0v) is 20.1. The van der Waals surface area contributed by atoms with Crippen LogP contribution in [0.2, 0.25) is 0 Å². The molecule has 1 aromatic rings. The fourth-order valence-corrected chi connectivity index (χ4v) is 5.37. The first-order chi connectivity index (χ1) is 15.9. The van der Waals surface area contributed by atoms with Crippen LogP contribution >= 0.6 is 0 Å². The lowest BCUT2D eigenvalue weighted by Gasteiger charge is -2.37. The molecule has 1 aromatic heterocycles. The summed E-state index contributed by atoms with van der Waals surface area (Å²) in [6, 6.07) is 0.708. The molecule has 186 valence electrons. The molecular formula is C22H43N11. The minimum atomic E-state index is 0.00809. The van der Waals surface area contributed by atoms with Crippen molar-refractivity contribution in [1.29, 1.82) is 0 Å². The summed E-state index contributed by atoms with van der Waals surface area (Å²) in [5, 5.41) is 3.44. The summed E-state index contributed by atoms with van der Waals surface area (Å²) < 4.78 is 0. The van der Waals surface area contributed by atoms with Gasteiger partial charge >= 0.3 is 0 Å². The van der Waals surface area contributed by atoms with Gasteiger partial charge in [-0.2, -0.15) is 15.0 Å². The Kier molecular flexibility index (Phi) is 8.18. The number of rotatable bonds is 7. The quantitative estimate of drug-likeness (QED) is 0.325. The Balaban J connectivity index is 1.46. The van der Waals surface area contributed by atoms with Gasteiger partial charge in [0.15, 0.2) is 0 Å². The zero-order chi connectivity index (χ0) is 23.4. The van der Waals surface area contributed by atoms with Crippen molar-refractivity contribution in [3.05, 3.63) is 0 Å². The number of anilines is 3. The molecule has 3 aliphatic rings. The third-order valence-electron chi connectivity index (χ3n) is 7.05. The van der Waals surface area contributed by atoms with E-state index < -0.39 is 0 Å². The molecule has 0 bridgehead atoms. The number of likely N-dealkylation sites (tertiary alicyclic amines) is 1. The lowest BCUT2D eigenvalue weighted by Crippen LogP contribution is -2.54. The summed E-state index contributed by atoms with van der Waals surface area (Å²) in [7, 11) is 0. The highest BCUT2D eigenvalue weighted by molar-refractivity contribution is 5.46. The van der Waals surface area contributed by atoms with E-state index in [4.69, 9.17) is 37.9 Å². The number of nitrogens with one attached hydrogen (secondary N) is 1. The maximum absolute atomic E-state index is 6.23. The molecule has 3 saturated heterocycles. The molecule has 33 heavy (non-hydrogen) atoms. The molecule has 5 atom stereocenters. The van der Waals surface area contributed by atoms with Crippen molar-refractivity contribution < 1.29 is 0 Å². The Morgan fingerprint density at radius 2 is 1.36 bits per heavy atom. The van der Waals surface area contributed by atoms with Gasteiger partial charge in [0.25, 0.3) is 0 Å². The Morgan fingerprint density at radius 1 is 0.818 bits per heavy atom. The molecule has 1 unspecified atom stereocenters. The van der Waals surface area contributed by atoms with Gasteiger partial charge in [-0.05, 0) is 45.6 Å². The molecule has 11 heteroatoms. The van der Waals surface area contributed by atoms with Crippen LogP contribution in [0.5, 0.6) is 0 Å². The van der Waals surface area contributed by atoms with Crippen molar-refractivity contribution in [3.8, 4) is 0 Å². The van der Waals surface area contributed by atoms with Crippen LogP contribution in [0.4, 0.5) is 17.8 Å². The SMILES string of the molecule is CC1CCCCN1CCCNc1nc(N2C[C@H](N)C[C@H](N)C2)nc(N2C[C@H](N)C[C@H](N)C2)n1. The van der Waals surface area contributed by atoms with Gasteiger partial charge in [0, 0.05) is 69.5 Å². The van der Waals surface area contributed by atoms with Crippen LogP contribution in [0.1, 0.15) is 45.4 Å². The lowest BCUT2D eigenvalue weighted by atomic mass is 10.0. The molecule has 0 aliphatic carbocycles. The first-order valence-electron chi connectivity index (χ1n) is 12.6. The fourth-order valence-electron chi connectivity index (χ4n) is 5.37. The normalized spacial score (nSPS) is 31.6. The smallest absolute Gasteiger partial charge is 0.232 e. The van der Waals surface area contributed by atoms with Crippen molar-refractivity contribution in [2.75, 3.05) is 60.9 Å². The van der Waals surface area contributed by atoms with Crippen LogP contribution in [0.25, 0.3) is 0 Å². The van der Waals surface area contributed by atoms with Gasteiger partial charge < -0.3 is 43.0 Å². The van der Waals surface area contributed by atoms with Gasteiger partial charge in [0.2, 0.25) is 17.8 Å². The summed E-state index contributed by atoms with van der Waals surface area (Å²) >= 11 is 0. The highest BCUT2D eigenvalue weighted by Crippen LogP contribution is 2.22. The lowest BCUT2D eigenvalue weighted by molar-refractivity contribution is 0.160. The van der Waals surface area contributed by atoms with Crippen LogP contribution < -0.4 is 38.1 Å². The van der Waals surface area contributed by atoms with E-state index in [1.807, 2.05) is 0 Å². The first kappa shape index (κ1) is 24.3. The van der Waals surface area contributed by atoms with Crippen LogP contribution in [0, 0.1) is 0 Å². The van der Waals surface area contributed by atoms with Crippen LogP contribution in [-0.4, -0.2) is 95.9 Å². The first-order valence-corrected chi connectivity index (χ1v) is 12.6. The van der Waals surface area contributed by atoms with Crippen LogP contribution in [0.15, 0.2) is 0 Å². The van der Waals surface area contributed by atoms with E-state index in [1.54, 1.807) is 0 Å². The van der Waals surface area contributed by atoms with Crippen molar-refractivity contribution in [2.24, 2.45) is 22.9 Å². The summed E-state index contributed by atoms with van der Waals surface area (Å²) in [5.74, 6) is 1.82. The zero-order valence-electron chi connectivity index (χ0n) is 20.1. The Hall–Kier alpha value is -1.79. The molecule has 0 spiro atoms. The van der Waals surface area contributed by atoms with Gasteiger partial charge in [-0.3, -0.25) is 0 Å². The summed E-state index contributed by atoms with van der Waals surface area (Å²) in [6.07, 6.45) is 6.61. The van der Waals surface area contributed by atoms with E-state index in [0.717, 1.165) is 32.4 Å². The molecular weight excluding hydrogens is 418 g/mol. The number of hydrogen-bond acceptors (Lipinski definition) is 11. The largest absolute Gasteiger partial charge is 0.354 e. The third-order valence-corrected chi connectivity index (χ3v) is 7.05. The molecule has 4 heterocycles. The monoisotopic (exact) mass is 461 g/mol. The van der Waals surface area contributed by atoms with E-state index in [0.29, 0.717) is 50.1 Å². The molecule has 0 radical (unpaired) electrons. The van der Waals surface area contributed by atoms with Gasteiger partial charge in [-0.25, -0.2) is 0 Å². The van der Waals surface area contributed by atoms with Crippen molar-refractivity contribution in [1.82, 2.24) is 19.9 Å². The molecule has 3 aliphatic heterocycles. The van der Waals surface area contributed by atoms with E-state index in [9.17, 15) is 0 Å². The Labute approximate surface area is 197 Å². The molecule has 0 aromatic carbocycles. The minimum absolute atomic E-state index is 0.00809. The van der Waals surface area contributed by atoms with Crippen LogP contribution in [0.3, 0.4) is 0 Å². The van der Waals surface area contributed by atoms with E-state index in [2.05, 4.69) is 26.9 Å². The summed E-state index contributed by atoms with van der Waals surface area (Å²) in [6.45, 7) is 8.16.